The Hall–Kier alpha value is -1.84. The second-order valence-electron chi connectivity index (χ2n) is 5.11. The van der Waals surface area contributed by atoms with Crippen molar-refractivity contribution in [3.05, 3.63) is 35.9 Å². The molecule has 1 heterocycles. The Morgan fingerprint density at radius 3 is 2.75 bits per heavy atom. The van der Waals surface area contributed by atoms with Crippen molar-refractivity contribution < 1.29 is 14.3 Å². The van der Waals surface area contributed by atoms with Crippen molar-refractivity contribution in [3.8, 4) is 0 Å². The van der Waals surface area contributed by atoms with Gasteiger partial charge in [-0.2, -0.15) is 0 Å². The average molecular weight is 275 g/mol. The number of likely N-dealkylation sites (tertiary alicyclic amines) is 1. The summed E-state index contributed by atoms with van der Waals surface area (Å²) in [5.74, 6) is -0.229. The molecule has 2 rings (SSSR count). The largest absolute Gasteiger partial charge is 0.467 e. The van der Waals surface area contributed by atoms with Crippen molar-refractivity contribution in [1.29, 1.82) is 0 Å². The van der Waals surface area contributed by atoms with Crippen LogP contribution < -0.4 is 0 Å². The highest BCUT2D eigenvalue weighted by molar-refractivity contribution is 5.85. The number of esters is 1. The molecule has 4 heteroatoms. The van der Waals surface area contributed by atoms with Crippen LogP contribution in [0.4, 0.5) is 0 Å². The number of aryl methyl sites for hydroxylation is 1. The van der Waals surface area contributed by atoms with Gasteiger partial charge in [0.25, 0.3) is 0 Å². The summed E-state index contributed by atoms with van der Waals surface area (Å²) < 4.78 is 4.76. The fourth-order valence-electron chi connectivity index (χ4n) is 2.68. The monoisotopic (exact) mass is 275 g/mol. The Morgan fingerprint density at radius 1 is 1.30 bits per heavy atom. The number of hydrogen-bond donors (Lipinski definition) is 0. The maximum absolute atomic E-state index is 12.2. The quantitative estimate of drug-likeness (QED) is 0.774. The standard InChI is InChI=1S/C16H21NO3/c1-20-16(19)14-10-6-12-17(14)15(18)11-5-9-13-7-3-2-4-8-13/h2-4,7-8,14H,5-6,9-12H2,1H3. The highest BCUT2D eigenvalue weighted by Crippen LogP contribution is 2.20. The molecule has 4 nitrogen and oxygen atoms in total. The SMILES string of the molecule is COC(=O)C1CCCN1C(=O)CCCc1ccccc1. The number of methoxy groups -OCH3 is 1. The molecule has 0 saturated carbocycles. The van der Waals surface area contributed by atoms with E-state index in [2.05, 4.69) is 12.1 Å². The number of carbonyl (C=O) groups excluding carboxylic acids is 2. The zero-order chi connectivity index (χ0) is 14.4. The van der Waals surface area contributed by atoms with Gasteiger partial charge in [-0.05, 0) is 31.2 Å². The summed E-state index contributed by atoms with van der Waals surface area (Å²) in [5.41, 5.74) is 1.24. The molecule has 1 aliphatic rings. The van der Waals surface area contributed by atoms with Crippen LogP contribution in [0, 0.1) is 0 Å². The summed E-state index contributed by atoms with van der Waals surface area (Å²) >= 11 is 0. The van der Waals surface area contributed by atoms with Gasteiger partial charge in [-0.1, -0.05) is 30.3 Å². The summed E-state index contributed by atoms with van der Waals surface area (Å²) in [6.45, 7) is 0.671. The third kappa shape index (κ3) is 3.59. The predicted molar refractivity (Wildman–Crippen MR) is 76.1 cm³/mol. The van der Waals surface area contributed by atoms with Crippen LogP contribution in [0.15, 0.2) is 30.3 Å². The molecule has 1 saturated heterocycles. The molecule has 1 amide bonds. The smallest absolute Gasteiger partial charge is 0.328 e. The van der Waals surface area contributed by atoms with Gasteiger partial charge in [-0.25, -0.2) is 4.79 Å². The van der Waals surface area contributed by atoms with Crippen LogP contribution in [0.2, 0.25) is 0 Å². The van der Waals surface area contributed by atoms with Gasteiger partial charge < -0.3 is 9.64 Å². The maximum atomic E-state index is 12.2. The fraction of sp³-hybridized carbons (Fsp3) is 0.500. The number of nitrogens with zero attached hydrogens (tertiary/aromatic N) is 1. The summed E-state index contributed by atoms with van der Waals surface area (Å²) in [7, 11) is 1.37. The predicted octanol–water partition coefficient (Wildman–Crippen LogP) is 2.17. The van der Waals surface area contributed by atoms with E-state index in [1.54, 1.807) is 4.90 Å². The Labute approximate surface area is 119 Å². The van der Waals surface area contributed by atoms with Crippen molar-refractivity contribution in [2.45, 2.75) is 38.1 Å². The van der Waals surface area contributed by atoms with Crippen LogP contribution in [0.25, 0.3) is 0 Å². The van der Waals surface area contributed by atoms with Crippen molar-refractivity contribution in [2.24, 2.45) is 0 Å². The van der Waals surface area contributed by atoms with Crippen LogP contribution >= 0.6 is 0 Å². The van der Waals surface area contributed by atoms with Gasteiger partial charge in [0, 0.05) is 13.0 Å². The van der Waals surface area contributed by atoms with E-state index in [9.17, 15) is 9.59 Å². The molecule has 1 aromatic rings. The van der Waals surface area contributed by atoms with Crippen LogP contribution in [-0.4, -0.2) is 36.5 Å². The molecule has 1 unspecified atom stereocenters. The first-order chi connectivity index (χ1) is 9.72. The molecule has 1 aliphatic heterocycles. The lowest BCUT2D eigenvalue weighted by molar-refractivity contribution is -0.151. The molecule has 1 aromatic carbocycles. The molecule has 0 radical (unpaired) electrons. The van der Waals surface area contributed by atoms with Crippen molar-refractivity contribution >= 4 is 11.9 Å². The van der Waals surface area contributed by atoms with Gasteiger partial charge >= 0.3 is 5.97 Å². The molecular weight excluding hydrogens is 254 g/mol. The third-order valence-electron chi connectivity index (χ3n) is 3.75. The zero-order valence-corrected chi connectivity index (χ0v) is 11.9. The lowest BCUT2D eigenvalue weighted by Gasteiger charge is -2.22. The molecule has 0 aromatic heterocycles. The zero-order valence-electron chi connectivity index (χ0n) is 11.9. The molecule has 0 aliphatic carbocycles. The van der Waals surface area contributed by atoms with E-state index in [0.717, 1.165) is 25.7 Å². The second-order valence-corrected chi connectivity index (χ2v) is 5.11. The third-order valence-corrected chi connectivity index (χ3v) is 3.75. The molecule has 1 fully saturated rings. The van der Waals surface area contributed by atoms with Gasteiger partial charge in [-0.15, -0.1) is 0 Å². The minimum absolute atomic E-state index is 0.0637. The normalized spacial score (nSPS) is 18.1. The molecule has 0 N–H and O–H groups in total. The van der Waals surface area contributed by atoms with E-state index >= 15 is 0 Å². The number of rotatable bonds is 5. The van der Waals surface area contributed by atoms with Crippen LogP contribution in [0.5, 0.6) is 0 Å². The topological polar surface area (TPSA) is 46.6 Å². The summed E-state index contributed by atoms with van der Waals surface area (Å²) in [4.78, 5) is 25.5. The van der Waals surface area contributed by atoms with E-state index in [-0.39, 0.29) is 17.9 Å². The van der Waals surface area contributed by atoms with Gasteiger partial charge in [-0.3, -0.25) is 4.79 Å². The lowest BCUT2D eigenvalue weighted by atomic mass is 10.1. The van der Waals surface area contributed by atoms with Crippen LogP contribution in [-0.2, 0) is 20.7 Å². The molecular formula is C16H21NO3. The summed E-state index contributed by atoms with van der Waals surface area (Å²) in [6, 6.07) is 9.76. The minimum Gasteiger partial charge on any atom is -0.467 e. The van der Waals surface area contributed by atoms with Gasteiger partial charge in [0.1, 0.15) is 6.04 Å². The summed E-state index contributed by atoms with van der Waals surface area (Å²) in [5, 5.41) is 0. The maximum Gasteiger partial charge on any atom is 0.328 e. The molecule has 0 spiro atoms. The van der Waals surface area contributed by atoms with Gasteiger partial charge in [0.05, 0.1) is 7.11 Å². The Morgan fingerprint density at radius 2 is 2.05 bits per heavy atom. The van der Waals surface area contributed by atoms with E-state index in [1.807, 2.05) is 18.2 Å². The van der Waals surface area contributed by atoms with Gasteiger partial charge in [0.2, 0.25) is 5.91 Å². The summed E-state index contributed by atoms with van der Waals surface area (Å²) in [6.07, 6.45) is 3.79. The first-order valence-electron chi connectivity index (χ1n) is 7.13. The second kappa shape index (κ2) is 7.08. The lowest BCUT2D eigenvalue weighted by Crippen LogP contribution is -2.41. The highest BCUT2D eigenvalue weighted by atomic mass is 16.5. The van der Waals surface area contributed by atoms with Crippen LogP contribution in [0.1, 0.15) is 31.2 Å². The number of amides is 1. The Kier molecular flexibility index (Phi) is 5.16. The fourth-order valence-corrected chi connectivity index (χ4v) is 2.68. The number of carbonyl (C=O) groups is 2. The van der Waals surface area contributed by atoms with E-state index in [1.165, 1.54) is 12.7 Å². The van der Waals surface area contributed by atoms with Crippen molar-refractivity contribution in [2.75, 3.05) is 13.7 Å². The van der Waals surface area contributed by atoms with E-state index in [4.69, 9.17) is 4.74 Å². The van der Waals surface area contributed by atoms with Crippen molar-refractivity contribution in [3.63, 3.8) is 0 Å². The number of hydrogen-bond acceptors (Lipinski definition) is 3. The Bertz CT molecular complexity index is 458. The number of ether oxygens (including phenoxy) is 1. The van der Waals surface area contributed by atoms with E-state index < -0.39 is 0 Å². The molecule has 108 valence electrons. The van der Waals surface area contributed by atoms with Crippen molar-refractivity contribution in [1.82, 2.24) is 4.90 Å². The van der Waals surface area contributed by atoms with E-state index in [0.29, 0.717) is 13.0 Å². The van der Waals surface area contributed by atoms with Gasteiger partial charge in [0.15, 0.2) is 0 Å². The Balaban J connectivity index is 1.81. The van der Waals surface area contributed by atoms with Crippen LogP contribution in [0.3, 0.4) is 0 Å². The first-order valence-corrected chi connectivity index (χ1v) is 7.13. The average Bonchev–Trinajstić information content (AvgIpc) is 2.97. The first kappa shape index (κ1) is 14.6. The number of benzene rings is 1. The molecule has 1 atom stereocenters. The molecule has 0 bridgehead atoms. The highest BCUT2D eigenvalue weighted by Gasteiger charge is 2.34. The minimum atomic E-state index is -0.371. The molecule has 20 heavy (non-hydrogen) atoms.